The average molecular weight is 482 g/mol. The summed E-state index contributed by atoms with van der Waals surface area (Å²) in [6, 6.07) is 7.27. The summed E-state index contributed by atoms with van der Waals surface area (Å²) >= 11 is 0. The number of halogens is 3. The predicted octanol–water partition coefficient (Wildman–Crippen LogP) is 2.56. The molecule has 33 heavy (non-hydrogen) atoms. The summed E-state index contributed by atoms with van der Waals surface area (Å²) < 4.78 is 72.8. The second-order valence-electron chi connectivity index (χ2n) is 6.94. The standard InChI is InChI=1S/C21H17F3N2O6S/c1-31-18(27)20(19(28)32-2)9-14(13-5-3-4-6-17(13)33(25,29)30)15(10-20)16-8-7-12(11-26-16)21(22,23)24/h3-11H,1-2H3,(H2,25,29,30). The SMILES string of the molecule is COC(=O)C1(C(=O)OC)C=C(c2ccc(C(F)(F)F)cn2)C(c2ccccc2S(N)(=O)=O)=C1. The number of primary sulfonamides is 1. The fourth-order valence-electron chi connectivity index (χ4n) is 3.40. The molecule has 174 valence electrons. The number of nitrogens with zero attached hydrogens (tertiary/aromatic N) is 1. The van der Waals surface area contributed by atoms with Gasteiger partial charge in [-0.25, -0.2) is 13.6 Å². The molecule has 1 aromatic heterocycles. The Kier molecular flexibility index (Phi) is 6.18. The lowest BCUT2D eigenvalue weighted by molar-refractivity contribution is -0.161. The van der Waals surface area contributed by atoms with Crippen LogP contribution in [0.1, 0.15) is 16.8 Å². The van der Waals surface area contributed by atoms with Crippen LogP contribution in [0, 0.1) is 5.41 Å². The number of sulfonamides is 1. The Labute approximate surface area is 186 Å². The largest absolute Gasteiger partial charge is 0.468 e. The number of hydrogen-bond acceptors (Lipinski definition) is 7. The van der Waals surface area contributed by atoms with E-state index >= 15 is 0 Å². The minimum atomic E-state index is -4.64. The van der Waals surface area contributed by atoms with Crippen molar-refractivity contribution < 1.29 is 40.7 Å². The van der Waals surface area contributed by atoms with Crippen LogP contribution in [0.5, 0.6) is 0 Å². The molecule has 1 heterocycles. The van der Waals surface area contributed by atoms with Gasteiger partial charge in [-0.1, -0.05) is 18.2 Å². The highest BCUT2D eigenvalue weighted by molar-refractivity contribution is 7.89. The number of nitrogens with two attached hydrogens (primary N) is 1. The Morgan fingerprint density at radius 2 is 1.55 bits per heavy atom. The topological polar surface area (TPSA) is 126 Å². The Hall–Kier alpha value is -3.51. The lowest BCUT2D eigenvalue weighted by atomic mass is 9.89. The van der Waals surface area contributed by atoms with E-state index in [1.54, 1.807) is 0 Å². The molecule has 0 unspecified atom stereocenters. The highest BCUT2D eigenvalue weighted by atomic mass is 32.2. The number of allylic oxidation sites excluding steroid dienone is 2. The molecule has 0 aliphatic heterocycles. The third kappa shape index (κ3) is 4.39. The van der Waals surface area contributed by atoms with E-state index in [0.717, 1.165) is 38.5 Å². The van der Waals surface area contributed by atoms with E-state index in [4.69, 9.17) is 14.6 Å². The van der Waals surface area contributed by atoms with Gasteiger partial charge in [-0.15, -0.1) is 0 Å². The van der Waals surface area contributed by atoms with Crippen molar-refractivity contribution in [3.63, 3.8) is 0 Å². The Morgan fingerprint density at radius 1 is 0.970 bits per heavy atom. The quantitative estimate of drug-likeness (QED) is 0.513. The first-order valence-electron chi connectivity index (χ1n) is 9.14. The first kappa shape index (κ1) is 24.1. The van der Waals surface area contributed by atoms with E-state index in [2.05, 4.69) is 4.98 Å². The zero-order chi connectivity index (χ0) is 24.6. The molecule has 0 bridgehead atoms. The van der Waals surface area contributed by atoms with Crippen molar-refractivity contribution >= 4 is 33.1 Å². The van der Waals surface area contributed by atoms with Gasteiger partial charge >= 0.3 is 18.1 Å². The Morgan fingerprint density at radius 3 is 2.03 bits per heavy atom. The lowest BCUT2D eigenvalue weighted by Gasteiger charge is -2.19. The van der Waals surface area contributed by atoms with Crippen LogP contribution in [0.4, 0.5) is 13.2 Å². The number of rotatable bonds is 5. The summed E-state index contributed by atoms with van der Waals surface area (Å²) in [6.45, 7) is 0. The van der Waals surface area contributed by atoms with E-state index in [1.165, 1.54) is 24.3 Å². The van der Waals surface area contributed by atoms with Crippen LogP contribution in [0.25, 0.3) is 11.1 Å². The number of methoxy groups -OCH3 is 2. The van der Waals surface area contributed by atoms with Gasteiger partial charge in [0.1, 0.15) is 0 Å². The van der Waals surface area contributed by atoms with Crippen molar-refractivity contribution in [3.05, 3.63) is 71.6 Å². The number of carbonyl (C=O) groups is 2. The monoisotopic (exact) mass is 482 g/mol. The van der Waals surface area contributed by atoms with Crippen LogP contribution in [0.2, 0.25) is 0 Å². The molecular weight excluding hydrogens is 465 g/mol. The van der Waals surface area contributed by atoms with Gasteiger partial charge in [0.05, 0.1) is 30.4 Å². The lowest BCUT2D eigenvalue weighted by Crippen LogP contribution is -2.36. The van der Waals surface area contributed by atoms with Crippen molar-refractivity contribution in [2.45, 2.75) is 11.1 Å². The number of benzene rings is 1. The normalized spacial score (nSPS) is 15.5. The first-order valence-corrected chi connectivity index (χ1v) is 10.7. The predicted molar refractivity (Wildman–Crippen MR) is 109 cm³/mol. The fourth-order valence-corrected chi connectivity index (χ4v) is 4.15. The second kappa shape index (κ2) is 8.45. The van der Waals surface area contributed by atoms with Gasteiger partial charge in [0.2, 0.25) is 15.4 Å². The van der Waals surface area contributed by atoms with Crippen molar-refractivity contribution in [2.24, 2.45) is 10.6 Å². The minimum Gasteiger partial charge on any atom is -0.468 e. The molecule has 0 atom stereocenters. The number of aromatic nitrogens is 1. The number of carbonyl (C=O) groups excluding carboxylic acids is 2. The molecule has 2 aromatic rings. The number of pyridine rings is 1. The molecule has 3 rings (SSSR count). The molecule has 12 heteroatoms. The van der Waals surface area contributed by atoms with Crippen molar-refractivity contribution in [1.82, 2.24) is 4.98 Å². The Bertz CT molecular complexity index is 1270. The van der Waals surface area contributed by atoms with Gasteiger partial charge in [-0.3, -0.25) is 14.6 Å². The van der Waals surface area contributed by atoms with E-state index in [-0.39, 0.29) is 27.3 Å². The fraction of sp³-hybridized carbons (Fsp3) is 0.190. The maximum absolute atomic E-state index is 13.0. The van der Waals surface area contributed by atoms with Crippen LogP contribution in [-0.2, 0) is 35.3 Å². The van der Waals surface area contributed by atoms with Crippen molar-refractivity contribution in [2.75, 3.05) is 14.2 Å². The highest BCUT2D eigenvalue weighted by Crippen LogP contribution is 2.46. The van der Waals surface area contributed by atoms with Gasteiger partial charge < -0.3 is 9.47 Å². The molecule has 1 aliphatic rings. The smallest absolute Gasteiger partial charge is 0.417 e. The molecule has 8 nitrogen and oxygen atoms in total. The van der Waals surface area contributed by atoms with E-state index < -0.39 is 39.1 Å². The first-order chi connectivity index (χ1) is 15.3. The van der Waals surface area contributed by atoms with Gasteiger partial charge in [0.15, 0.2) is 0 Å². The van der Waals surface area contributed by atoms with Gasteiger partial charge in [0, 0.05) is 17.3 Å². The average Bonchev–Trinajstić information content (AvgIpc) is 3.19. The second-order valence-corrected chi connectivity index (χ2v) is 8.47. The molecule has 0 amide bonds. The van der Waals surface area contributed by atoms with E-state index in [1.807, 2.05) is 0 Å². The maximum Gasteiger partial charge on any atom is 0.417 e. The molecule has 0 spiro atoms. The summed E-state index contributed by atoms with van der Waals surface area (Å²) in [4.78, 5) is 28.7. The van der Waals surface area contributed by atoms with Crippen LogP contribution in [-0.4, -0.2) is 39.6 Å². The molecule has 0 radical (unpaired) electrons. The van der Waals surface area contributed by atoms with Crippen LogP contribution in [0.15, 0.2) is 59.6 Å². The van der Waals surface area contributed by atoms with E-state index in [0.29, 0.717) is 6.20 Å². The summed E-state index contributed by atoms with van der Waals surface area (Å²) in [5, 5.41) is 5.32. The zero-order valence-electron chi connectivity index (χ0n) is 17.2. The van der Waals surface area contributed by atoms with Crippen LogP contribution < -0.4 is 5.14 Å². The van der Waals surface area contributed by atoms with Crippen LogP contribution >= 0.6 is 0 Å². The number of alkyl halides is 3. The molecule has 1 aliphatic carbocycles. The van der Waals surface area contributed by atoms with Crippen LogP contribution in [0.3, 0.4) is 0 Å². The number of ether oxygens (including phenoxy) is 2. The summed E-state index contributed by atoms with van der Waals surface area (Å²) in [5.74, 6) is -2.11. The molecule has 2 N–H and O–H groups in total. The van der Waals surface area contributed by atoms with E-state index in [9.17, 15) is 31.2 Å². The molecule has 0 saturated heterocycles. The molecule has 1 aromatic carbocycles. The van der Waals surface area contributed by atoms with Gasteiger partial charge in [-0.05, 0) is 35.9 Å². The third-order valence-corrected chi connectivity index (χ3v) is 5.90. The Balaban J connectivity index is 2.33. The summed E-state index contributed by atoms with van der Waals surface area (Å²) in [7, 11) is -2.20. The molecular formula is C21H17F3N2O6S. The maximum atomic E-state index is 13.0. The highest BCUT2D eigenvalue weighted by Gasteiger charge is 2.49. The molecule has 0 saturated carbocycles. The zero-order valence-corrected chi connectivity index (χ0v) is 18.0. The number of hydrogen-bond donors (Lipinski definition) is 1. The third-order valence-electron chi connectivity index (χ3n) is 4.93. The summed E-state index contributed by atoms with van der Waals surface area (Å²) in [6.07, 6.45) is -1.84. The van der Waals surface area contributed by atoms with Crippen molar-refractivity contribution in [3.8, 4) is 0 Å². The summed E-state index contributed by atoms with van der Waals surface area (Å²) in [5.41, 5.74) is -3.19. The van der Waals surface area contributed by atoms with Gasteiger partial charge in [0.25, 0.3) is 0 Å². The van der Waals surface area contributed by atoms with Crippen molar-refractivity contribution in [1.29, 1.82) is 0 Å². The number of esters is 2. The molecule has 0 fully saturated rings. The van der Waals surface area contributed by atoms with Gasteiger partial charge in [-0.2, -0.15) is 13.2 Å². The minimum absolute atomic E-state index is 0.00243.